The lowest BCUT2D eigenvalue weighted by Crippen LogP contribution is -2.43. The van der Waals surface area contributed by atoms with Gasteiger partial charge in [-0.3, -0.25) is 14.7 Å². The lowest BCUT2D eigenvalue weighted by atomic mass is 10.0. The Balaban J connectivity index is 1.49. The number of hydrogen-bond acceptors (Lipinski definition) is 4. The van der Waals surface area contributed by atoms with E-state index in [9.17, 15) is 4.79 Å². The molecule has 0 bridgehead atoms. The van der Waals surface area contributed by atoms with Crippen LogP contribution in [-0.2, 0) is 16.0 Å². The number of nitrogens with zero attached hydrogens (tertiary/aromatic N) is 2. The Hall–Kier alpha value is -2.76. The first-order valence-electron chi connectivity index (χ1n) is 9.76. The summed E-state index contributed by atoms with van der Waals surface area (Å²) >= 11 is 0. The van der Waals surface area contributed by atoms with E-state index in [-0.39, 0.29) is 11.9 Å². The number of nitrogens with one attached hydrogen (secondary N) is 1. The molecule has 144 valence electrons. The van der Waals surface area contributed by atoms with Crippen molar-refractivity contribution in [3.05, 3.63) is 78.0 Å². The maximum absolute atomic E-state index is 12.9. The second-order valence-corrected chi connectivity index (χ2v) is 7.11. The number of pyridine rings is 1. The molecule has 1 aliphatic rings. The van der Waals surface area contributed by atoms with E-state index in [0.717, 1.165) is 54.9 Å². The molecule has 1 N–H and O–H groups in total. The Bertz CT molecular complexity index is 918. The first-order valence-corrected chi connectivity index (χ1v) is 9.76. The van der Waals surface area contributed by atoms with Crippen molar-refractivity contribution in [3.8, 4) is 0 Å². The molecule has 2 aromatic carbocycles. The number of morpholine rings is 1. The fourth-order valence-corrected chi connectivity index (χ4v) is 3.69. The molecule has 1 amide bonds. The molecule has 5 heteroatoms. The maximum Gasteiger partial charge on any atom is 0.225 e. The van der Waals surface area contributed by atoms with Crippen molar-refractivity contribution < 1.29 is 9.53 Å². The van der Waals surface area contributed by atoms with E-state index in [1.54, 1.807) is 6.20 Å². The molecule has 3 aromatic rings. The number of hydrogen-bond donors (Lipinski definition) is 1. The highest BCUT2D eigenvalue weighted by atomic mass is 16.5. The predicted molar refractivity (Wildman–Crippen MR) is 110 cm³/mol. The minimum absolute atomic E-state index is 0.0141. The summed E-state index contributed by atoms with van der Waals surface area (Å²) in [6.07, 6.45) is 2.09. The van der Waals surface area contributed by atoms with Crippen molar-refractivity contribution >= 4 is 16.8 Å². The van der Waals surface area contributed by atoms with E-state index in [1.807, 2.05) is 48.5 Å². The minimum Gasteiger partial charge on any atom is -0.379 e. The van der Waals surface area contributed by atoms with E-state index in [2.05, 4.69) is 27.3 Å². The van der Waals surface area contributed by atoms with Crippen LogP contribution in [0, 0.1) is 0 Å². The smallest absolute Gasteiger partial charge is 0.225 e. The minimum atomic E-state index is -0.0465. The Morgan fingerprint density at radius 2 is 1.82 bits per heavy atom. The molecular formula is C23H25N3O2. The van der Waals surface area contributed by atoms with Crippen LogP contribution in [0.25, 0.3) is 10.9 Å². The van der Waals surface area contributed by atoms with Gasteiger partial charge in [-0.1, -0.05) is 54.6 Å². The monoisotopic (exact) mass is 375 g/mol. The SMILES string of the molecule is O=C(Cc1cccc2cccnc12)N[C@@H](CN1CCOCC1)c1ccccc1. The van der Waals surface area contributed by atoms with Crippen LogP contribution in [0.15, 0.2) is 66.9 Å². The summed E-state index contributed by atoms with van der Waals surface area (Å²) in [4.78, 5) is 19.7. The van der Waals surface area contributed by atoms with Gasteiger partial charge in [-0.05, 0) is 17.2 Å². The van der Waals surface area contributed by atoms with Gasteiger partial charge in [-0.25, -0.2) is 0 Å². The van der Waals surface area contributed by atoms with E-state index in [0.29, 0.717) is 6.42 Å². The largest absolute Gasteiger partial charge is 0.379 e. The molecule has 5 nitrogen and oxygen atoms in total. The highest BCUT2D eigenvalue weighted by molar-refractivity contribution is 5.87. The van der Waals surface area contributed by atoms with Crippen LogP contribution in [0.2, 0.25) is 0 Å². The topological polar surface area (TPSA) is 54.5 Å². The van der Waals surface area contributed by atoms with E-state index < -0.39 is 0 Å². The molecule has 1 aliphatic heterocycles. The molecule has 0 spiro atoms. The van der Waals surface area contributed by atoms with Crippen LogP contribution in [0.3, 0.4) is 0 Å². The van der Waals surface area contributed by atoms with E-state index >= 15 is 0 Å². The molecule has 0 unspecified atom stereocenters. The fraction of sp³-hybridized carbons (Fsp3) is 0.304. The van der Waals surface area contributed by atoms with Gasteiger partial charge >= 0.3 is 0 Å². The summed E-state index contributed by atoms with van der Waals surface area (Å²) in [5.74, 6) is 0.0141. The number of carbonyl (C=O) groups excluding carboxylic acids is 1. The molecule has 0 aliphatic carbocycles. The van der Waals surface area contributed by atoms with Gasteiger partial charge in [0.2, 0.25) is 5.91 Å². The Labute approximate surface area is 165 Å². The highest BCUT2D eigenvalue weighted by Gasteiger charge is 2.20. The zero-order chi connectivity index (χ0) is 19.2. The number of aromatic nitrogens is 1. The van der Waals surface area contributed by atoms with Crippen molar-refractivity contribution in [1.29, 1.82) is 0 Å². The Morgan fingerprint density at radius 1 is 1.04 bits per heavy atom. The van der Waals surface area contributed by atoms with Crippen molar-refractivity contribution in [3.63, 3.8) is 0 Å². The van der Waals surface area contributed by atoms with Gasteiger partial charge in [0, 0.05) is 31.2 Å². The zero-order valence-electron chi connectivity index (χ0n) is 15.9. The zero-order valence-corrected chi connectivity index (χ0v) is 15.9. The van der Waals surface area contributed by atoms with Gasteiger partial charge in [0.1, 0.15) is 0 Å². The molecule has 1 fully saturated rings. The second kappa shape index (κ2) is 8.95. The quantitative estimate of drug-likeness (QED) is 0.720. The third-order valence-electron chi connectivity index (χ3n) is 5.15. The summed E-state index contributed by atoms with van der Waals surface area (Å²) < 4.78 is 5.45. The molecule has 1 atom stereocenters. The second-order valence-electron chi connectivity index (χ2n) is 7.11. The van der Waals surface area contributed by atoms with Gasteiger partial charge in [-0.2, -0.15) is 0 Å². The van der Waals surface area contributed by atoms with Crippen molar-refractivity contribution in [2.24, 2.45) is 0 Å². The highest BCUT2D eigenvalue weighted by Crippen LogP contribution is 2.18. The summed E-state index contributed by atoms with van der Waals surface area (Å²) in [7, 11) is 0. The number of rotatable bonds is 6. The standard InChI is InChI=1S/C23H25N3O2/c27-22(16-20-9-4-8-19-10-5-11-24-23(19)20)25-21(18-6-2-1-3-7-18)17-26-12-14-28-15-13-26/h1-11,21H,12-17H2,(H,25,27)/t21-/m0/s1. The van der Waals surface area contributed by atoms with Crippen LogP contribution >= 0.6 is 0 Å². The van der Waals surface area contributed by atoms with Gasteiger partial charge in [0.25, 0.3) is 0 Å². The van der Waals surface area contributed by atoms with Gasteiger partial charge < -0.3 is 10.1 Å². The average Bonchev–Trinajstić information content (AvgIpc) is 2.75. The van der Waals surface area contributed by atoms with E-state index in [1.165, 1.54) is 0 Å². The number of carbonyl (C=O) groups is 1. The fourth-order valence-electron chi connectivity index (χ4n) is 3.69. The molecule has 0 radical (unpaired) electrons. The van der Waals surface area contributed by atoms with Crippen molar-refractivity contribution in [2.75, 3.05) is 32.8 Å². The summed E-state index contributed by atoms with van der Waals surface area (Å²) in [6.45, 7) is 4.07. The normalized spacial score (nSPS) is 16.0. The summed E-state index contributed by atoms with van der Waals surface area (Å²) in [5.41, 5.74) is 2.97. The first kappa shape index (κ1) is 18.6. The van der Waals surface area contributed by atoms with Crippen molar-refractivity contribution in [2.45, 2.75) is 12.5 Å². The van der Waals surface area contributed by atoms with Crippen LogP contribution in [0.1, 0.15) is 17.2 Å². The molecule has 28 heavy (non-hydrogen) atoms. The number of amides is 1. The van der Waals surface area contributed by atoms with E-state index in [4.69, 9.17) is 4.74 Å². The molecular weight excluding hydrogens is 350 g/mol. The molecule has 0 saturated carbocycles. The van der Waals surface area contributed by atoms with Gasteiger partial charge in [-0.15, -0.1) is 0 Å². The Kier molecular flexibility index (Phi) is 5.95. The first-order chi connectivity index (χ1) is 13.8. The summed E-state index contributed by atoms with van der Waals surface area (Å²) in [5, 5.41) is 4.30. The predicted octanol–water partition coefficient (Wildman–Crippen LogP) is 2.97. The lowest BCUT2D eigenvalue weighted by molar-refractivity contribution is -0.121. The van der Waals surface area contributed by atoms with Crippen LogP contribution in [0.4, 0.5) is 0 Å². The van der Waals surface area contributed by atoms with Crippen LogP contribution in [-0.4, -0.2) is 48.6 Å². The average molecular weight is 375 g/mol. The van der Waals surface area contributed by atoms with Crippen LogP contribution in [0.5, 0.6) is 0 Å². The number of benzene rings is 2. The molecule has 1 aromatic heterocycles. The maximum atomic E-state index is 12.9. The molecule has 1 saturated heterocycles. The number of ether oxygens (including phenoxy) is 1. The lowest BCUT2D eigenvalue weighted by Gasteiger charge is -2.31. The number of para-hydroxylation sites is 1. The number of fused-ring (bicyclic) bond motifs is 1. The van der Waals surface area contributed by atoms with Crippen LogP contribution < -0.4 is 5.32 Å². The third-order valence-corrected chi connectivity index (χ3v) is 5.15. The third kappa shape index (κ3) is 4.55. The van der Waals surface area contributed by atoms with Gasteiger partial charge in [0.15, 0.2) is 0 Å². The Morgan fingerprint density at radius 3 is 2.64 bits per heavy atom. The molecule has 2 heterocycles. The molecule has 4 rings (SSSR count). The van der Waals surface area contributed by atoms with Gasteiger partial charge in [0.05, 0.1) is 31.2 Å². The summed E-state index contributed by atoms with van der Waals surface area (Å²) in [6, 6.07) is 20.1. The van der Waals surface area contributed by atoms with Crippen molar-refractivity contribution in [1.82, 2.24) is 15.2 Å².